The van der Waals surface area contributed by atoms with E-state index in [4.69, 9.17) is 4.74 Å². The van der Waals surface area contributed by atoms with Crippen molar-refractivity contribution < 1.29 is 14.6 Å². The number of aromatic hydroxyl groups is 1. The standard InChI is InChI=1S/C18H23NO3/c1-3-4-5-8-19-12-15-9-13-6-7-16(20)10-14(13)11-17(15)18(21)22-2/h6-7,9-11,19-20H,3-5,8,12H2,1-2H3. The van der Waals surface area contributed by atoms with Gasteiger partial charge in [-0.1, -0.05) is 25.8 Å². The molecular formula is C18H23NO3. The summed E-state index contributed by atoms with van der Waals surface area (Å²) in [5.74, 6) is -0.163. The highest BCUT2D eigenvalue weighted by atomic mass is 16.5. The Morgan fingerprint density at radius 1 is 1.18 bits per heavy atom. The Labute approximate surface area is 131 Å². The van der Waals surface area contributed by atoms with E-state index in [-0.39, 0.29) is 11.7 Å². The van der Waals surface area contributed by atoms with E-state index >= 15 is 0 Å². The number of carbonyl (C=O) groups excluding carboxylic acids is 1. The lowest BCUT2D eigenvalue weighted by Crippen LogP contribution is -2.17. The van der Waals surface area contributed by atoms with Crippen LogP contribution in [0.5, 0.6) is 5.75 Å². The number of hydrogen-bond donors (Lipinski definition) is 2. The Balaban J connectivity index is 2.25. The predicted octanol–water partition coefficient (Wildman–Crippen LogP) is 3.61. The summed E-state index contributed by atoms with van der Waals surface area (Å²) >= 11 is 0. The molecule has 0 bridgehead atoms. The molecule has 0 radical (unpaired) electrons. The van der Waals surface area contributed by atoms with E-state index in [1.54, 1.807) is 18.2 Å². The Kier molecular flexibility index (Phi) is 5.78. The quantitative estimate of drug-likeness (QED) is 0.606. The average Bonchev–Trinajstić information content (AvgIpc) is 2.53. The lowest BCUT2D eigenvalue weighted by atomic mass is 10.0. The molecule has 0 spiro atoms. The summed E-state index contributed by atoms with van der Waals surface area (Å²) in [5, 5.41) is 14.8. The van der Waals surface area contributed by atoms with Crippen LogP contribution in [0, 0.1) is 0 Å². The maximum absolute atomic E-state index is 12.0. The monoisotopic (exact) mass is 301 g/mol. The SMILES string of the molecule is CCCCCNCc1cc2ccc(O)cc2cc1C(=O)OC. The van der Waals surface area contributed by atoms with Crippen LogP contribution in [0.1, 0.15) is 42.1 Å². The molecule has 0 saturated heterocycles. The van der Waals surface area contributed by atoms with E-state index in [1.807, 2.05) is 12.1 Å². The fourth-order valence-corrected chi connectivity index (χ4v) is 2.50. The fourth-order valence-electron chi connectivity index (χ4n) is 2.50. The number of esters is 1. The molecule has 0 fully saturated rings. The van der Waals surface area contributed by atoms with E-state index in [9.17, 15) is 9.90 Å². The summed E-state index contributed by atoms with van der Waals surface area (Å²) in [6, 6.07) is 8.92. The summed E-state index contributed by atoms with van der Waals surface area (Å²) in [6.45, 7) is 3.74. The Bertz CT molecular complexity index is 652. The summed E-state index contributed by atoms with van der Waals surface area (Å²) < 4.78 is 4.87. The molecule has 22 heavy (non-hydrogen) atoms. The molecule has 0 aliphatic heterocycles. The molecule has 4 nitrogen and oxygen atoms in total. The first-order chi connectivity index (χ1) is 10.7. The zero-order valence-corrected chi connectivity index (χ0v) is 13.2. The van der Waals surface area contributed by atoms with Crippen molar-refractivity contribution in [2.24, 2.45) is 0 Å². The number of nitrogens with one attached hydrogen (secondary N) is 1. The van der Waals surface area contributed by atoms with Crippen LogP contribution in [0.2, 0.25) is 0 Å². The number of benzene rings is 2. The van der Waals surface area contributed by atoms with Gasteiger partial charge in [-0.15, -0.1) is 0 Å². The van der Waals surface area contributed by atoms with E-state index in [0.29, 0.717) is 12.1 Å². The second kappa shape index (κ2) is 7.80. The van der Waals surface area contributed by atoms with Gasteiger partial charge in [0.2, 0.25) is 0 Å². The molecule has 0 amide bonds. The second-order valence-corrected chi connectivity index (χ2v) is 5.42. The summed E-state index contributed by atoms with van der Waals surface area (Å²) in [6.07, 6.45) is 3.52. The fraction of sp³-hybridized carbons (Fsp3) is 0.389. The summed E-state index contributed by atoms with van der Waals surface area (Å²) in [7, 11) is 1.38. The number of hydrogen-bond acceptors (Lipinski definition) is 4. The molecule has 2 rings (SSSR count). The zero-order valence-electron chi connectivity index (χ0n) is 13.2. The minimum absolute atomic E-state index is 0.189. The maximum atomic E-state index is 12.0. The number of methoxy groups -OCH3 is 1. The van der Waals surface area contributed by atoms with Crippen LogP contribution in [0.15, 0.2) is 30.3 Å². The minimum atomic E-state index is -0.351. The largest absolute Gasteiger partial charge is 0.508 e. The predicted molar refractivity (Wildman–Crippen MR) is 88.2 cm³/mol. The number of unbranched alkanes of at least 4 members (excludes halogenated alkanes) is 2. The van der Waals surface area contributed by atoms with Crippen molar-refractivity contribution in [2.45, 2.75) is 32.7 Å². The molecular weight excluding hydrogens is 278 g/mol. The molecule has 0 unspecified atom stereocenters. The van der Waals surface area contributed by atoms with E-state index in [2.05, 4.69) is 12.2 Å². The van der Waals surface area contributed by atoms with E-state index in [0.717, 1.165) is 29.3 Å². The van der Waals surface area contributed by atoms with Crippen LogP contribution in [-0.2, 0) is 11.3 Å². The molecule has 0 aliphatic carbocycles. The number of rotatable bonds is 7. The van der Waals surface area contributed by atoms with Crippen molar-refractivity contribution in [1.29, 1.82) is 0 Å². The van der Waals surface area contributed by atoms with Crippen molar-refractivity contribution in [1.82, 2.24) is 5.32 Å². The lowest BCUT2D eigenvalue weighted by Gasteiger charge is -2.11. The molecule has 0 aromatic heterocycles. The van der Waals surface area contributed by atoms with Crippen molar-refractivity contribution in [3.63, 3.8) is 0 Å². The number of phenols is 1. The van der Waals surface area contributed by atoms with Gasteiger partial charge in [-0.2, -0.15) is 0 Å². The van der Waals surface area contributed by atoms with Gasteiger partial charge in [0.25, 0.3) is 0 Å². The highest BCUT2D eigenvalue weighted by Crippen LogP contribution is 2.24. The van der Waals surface area contributed by atoms with Crippen LogP contribution in [0.25, 0.3) is 10.8 Å². The van der Waals surface area contributed by atoms with E-state index < -0.39 is 0 Å². The van der Waals surface area contributed by atoms with Gasteiger partial charge in [0.1, 0.15) is 5.75 Å². The number of ether oxygens (including phenoxy) is 1. The van der Waals surface area contributed by atoms with Crippen LogP contribution >= 0.6 is 0 Å². The summed E-state index contributed by atoms with van der Waals surface area (Å²) in [5.41, 5.74) is 1.46. The molecule has 2 aromatic rings. The van der Waals surface area contributed by atoms with Gasteiger partial charge < -0.3 is 15.2 Å². The lowest BCUT2D eigenvalue weighted by molar-refractivity contribution is 0.0599. The first-order valence-electron chi connectivity index (χ1n) is 7.70. The van der Waals surface area contributed by atoms with Gasteiger partial charge in [0.05, 0.1) is 12.7 Å². The average molecular weight is 301 g/mol. The smallest absolute Gasteiger partial charge is 0.338 e. The number of phenolic OH excluding ortho intramolecular Hbond substituents is 1. The molecule has 0 saturated carbocycles. The highest BCUT2D eigenvalue weighted by Gasteiger charge is 2.13. The highest BCUT2D eigenvalue weighted by molar-refractivity contribution is 5.97. The van der Waals surface area contributed by atoms with Gasteiger partial charge in [0.15, 0.2) is 0 Å². The maximum Gasteiger partial charge on any atom is 0.338 e. The Morgan fingerprint density at radius 2 is 2.00 bits per heavy atom. The second-order valence-electron chi connectivity index (χ2n) is 5.42. The van der Waals surface area contributed by atoms with Crippen LogP contribution < -0.4 is 5.32 Å². The summed E-state index contributed by atoms with van der Waals surface area (Å²) in [4.78, 5) is 12.0. The van der Waals surface area contributed by atoms with Crippen molar-refractivity contribution in [3.05, 3.63) is 41.5 Å². The topological polar surface area (TPSA) is 58.6 Å². The number of carbonyl (C=O) groups is 1. The molecule has 0 aliphatic rings. The van der Waals surface area contributed by atoms with Gasteiger partial charge >= 0.3 is 5.97 Å². The van der Waals surface area contributed by atoms with Crippen molar-refractivity contribution in [2.75, 3.05) is 13.7 Å². The van der Waals surface area contributed by atoms with Crippen molar-refractivity contribution in [3.8, 4) is 5.75 Å². The third-order valence-electron chi connectivity index (χ3n) is 3.72. The third kappa shape index (κ3) is 3.98. The normalized spacial score (nSPS) is 10.8. The first-order valence-corrected chi connectivity index (χ1v) is 7.70. The van der Waals surface area contributed by atoms with Crippen LogP contribution in [0.3, 0.4) is 0 Å². The van der Waals surface area contributed by atoms with Crippen molar-refractivity contribution >= 4 is 16.7 Å². The van der Waals surface area contributed by atoms with Crippen LogP contribution in [-0.4, -0.2) is 24.7 Å². The molecule has 2 aromatic carbocycles. The van der Waals surface area contributed by atoms with Gasteiger partial charge in [-0.05, 0) is 53.6 Å². The van der Waals surface area contributed by atoms with Gasteiger partial charge in [-0.25, -0.2) is 4.79 Å². The van der Waals surface area contributed by atoms with Gasteiger partial charge in [-0.3, -0.25) is 0 Å². The minimum Gasteiger partial charge on any atom is -0.508 e. The molecule has 2 N–H and O–H groups in total. The molecule has 0 heterocycles. The molecule has 0 atom stereocenters. The Hall–Kier alpha value is -2.07. The number of fused-ring (bicyclic) bond motifs is 1. The van der Waals surface area contributed by atoms with E-state index in [1.165, 1.54) is 20.0 Å². The molecule has 118 valence electrons. The zero-order chi connectivity index (χ0) is 15.9. The molecule has 4 heteroatoms. The van der Waals surface area contributed by atoms with Crippen LogP contribution in [0.4, 0.5) is 0 Å². The third-order valence-corrected chi connectivity index (χ3v) is 3.72. The van der Waals surface area contributed by atoms with Gasteiger partial charge in [0, 0.05) is 6.54 Å². The first kappa shape index (κ1) is 16.3. The Morgan fingerprint density at radius 3 is 2.73 bits per heavy atom.